The molecule has 2 heterocycles. The Bertz CT molecular complexity index is 426. The Balaban J connectivity index is 2.51. The van der Waals surface area contributed by atoms with Crippen LogP contribution >= 0.6 is 0 Å². The molecule has 0 bridgehead atoms. The highest BCUT2D eigenvalue weighted by atomic mass is 19.1. The van der Waals surface area contributed by atoms with E-state index >= 15 is 0 Å². The van der Waals surface area contributed by atoms with Crippen LogP contribution < -0.4 is 11.3 Å². The average Bonchev–Trinajstić information content (AvgIpc) is 2.71. The van der Waals surface area contributed by atoms with Crippen LogP contribution in [0.3, 0.4) is 0 Å². The van der Waals surface area contributed by atoms with E-state index in [1.807, 2.05) is 0 Å². The molecular formula is C7H7FN6. The predicted octanol–water partition coefficient (Wildman–Crippen LogP) is 0.0870. The van der Waals surface area contributed by atoms with E-state index in [0.29, 0.717) is 0 Å². The minimum atomic E-state index is -0.540. The molecule has 7 heteroatoms. The molecule has 0 aromatic carbocycles. The van der Waals surface area contributed by atoms with Crippen LogP contribution in [0.15, 0.2) is 24.9 Å². The Morgan fingerprint density at radius 1 is 1.50 bits per heavy atom. The number of nitrogens with two attached hydrogens (primary N) is 1. The van der Waals surface area contributed by atoms with Gasteiger partial charge in [-0.05, 0) is 0 Å². The van der Waals surface area contributed by atoms with Gasteiger partial charge in [0.2, 0.25) is 5.95 Å². The lowest BCUT2D eigenvalue weighted by atomic mass is 10.5. The van der Waals surface area contributed by atoms with Gasteiger partial charge in [-0.1, -0.05) is 0 Å². The smallest absolute Gasteiger partial charge is 0.239 e. The molecule has 0 saturated heterocycles. The van der Waals surface area contributed by atoms with Crippen molar-refractivity contribution in [2.24, 2.45) is 5.84 Å². The highest BCUT2D eigenvalue weighted by Gasteiger charge is 2.07. The molecule has 0 atom stereocenters. The van der Waals surface area contributed by atoms with E-state index in [1.165, 1.54) is 17.1 Å². The van der Waals surface area contributed by atoms with E-state index in [4.69, 9.17) is 5.84 Å². The van der Waals surface area contributed by atoms with Gasteiger partial charge < -0.3 is 0 Å². The number of rotatable bonds is 2. The normalized spacial score (nSPS) is 10.1. The molecule has 0 aliphatic carbocycles. The van der Waals surface area contributed by atoms with E-state index in [-0.39, 0.29) is 11.8 Å². The number of hydrogen-bond donors (Lipinski definition) is 2. The number of hydrazine groups is 1. The molecule has 14 heavy (non-hydrogen) atoms. The van der Waals surface area contributed by atoms with Gasteiger partial charge in [0.1, 0.15) is 6.33 Å². The average molecular weight is 194 g/mol. The first-order valence-electron chi connectivity index (χ1n) is 3.79. The van der Waals surface area contributed by atoms with E-state index < -0.39 is 5.82 Å². The topological polar surface area (TPSA) is 81.6 Å². The first-order valence-corrected chi connectivity index (χ1v) is 3.79. The molecule has 0 aliphatic heterocycles. The van der Waals surface area contributed by atoms with Crippen molar-refractivity contribution in [2.45, 2.75) is 0 Å². The molecule has 2 rings (SSSR count). The maximum Gasteiger partial charge on any atom is 0.239 e. The number of nitrogen functional groups attached to an aromatic ring is 1. The summed E-state index contributed by atoms with van der Waals surface area (Å²) in [5, 5.41) is 0. The fraction of sp³-hybridized carbons (Fsp3) is 0. The molecular weight excluding hydrogens is 187 g/mol. The maximum atomic E-state index is 13.2. The summed E-state index contributed by atoms with van der Waals surface area (Å²) in [6, 6.07) is 0. The van der Waals surface area contributed by atoms with E-state index in [9.17, 15) is 4.39 Å². The first-order chi connectivity index (χ1) is 6.81. The van der Waals surface area contributed by atoms with Crippen LogP contribution in [0.2, 0.25) is 0 Å². The van der Waals surface area contributed by atoms with Gasteiger partial charge in [-0.15, -0.1) is 0 Å². The van der Waals surface area contributed by atoms with Gasteiger partial charge in [0, 0.05) is 12.4 Å². The summed E-state index contributed by atoms with van der Waals surface area (Å²) in [4.78, 5) is 11.2. The fourth-order valence-electron chi connectivity index (χ4n) is 0.993. The molecule has 0 spiro atoms. The summed E-state index contributed by atoms with van der Waals surface area (Å²) in [7, 11) is 0. The third-order valence-corrected chi connectivity index (χ3v) is 1.60. The number of nitrogens with zero attached hydrogens (tertiary/aromatic N) is 4. The molecule has 0 unspecified atom stereocenters. The van der Waals surface area contributed by atoms with Gasteiger partial charge in [0.05, 0.1) is 6.20 Å². The summed E-state index contributed by atoms with van der Waals surface area (Å²) in [6.07, 6.45) is 5.58. The van der Waals surface area contributed by atoms with Crippen molar-refractivity contribution in [2.75, 3.05) is 5.43 Å². The van der Waals surface area contributed by atoms with Crippen LogP contribution in [-0.4, -0.2) is 19.5 Å². The van der Waals surface area contributed by atoms with Gasteiger partial charge >= 0.3 is 0 Å². The monoisotopic (exact) mass is 194 g/mol. The lowest BCUT2D eigenvalue weighted by Crippen LogP contribution is -2.12. The third-order valence-electron chi connectivity index (χ3n) is 1.60. The van der Waals surface area contributed by atoms with E-state index in [0.717, 1.165) is 6.20 Å². The van der Waals surface area contributed by atoms with Crippen molar-refractivity contribution in [3.8, 4) is 5.82 Å². The van der Waals surface area contributed by atoms with Crippen molar-refractivity contribution in [1.29, 1.82) is 0 Å². The van der Waals surface area contributed by atoms with Gasteiger partial charge in [-0.25, -0.2) is 20.2 Å². The lowest BCUT2D eigenvalue weighted by Gasteiger charge is -2.03. The molecule has 2 aromatic rings. The molecule has 3 N–H and O–H groups in total. The molecule has 0 aliphatic rings. The molecule has 6 nitrogen and oxygen atoms in total. The Hall–Kier alpha value is -2.02. The largest absolute Gasteiger partial charge is 0.292 e. The standard InChI is InChI=1S/C7H7FN6/c8-5-3-11-7(13-9)12-6(5)14-2-1-10-4-14/h1-4H,9H2,(H,11,12,13). The van der Waals surface area contributed by atoms with Crippen LogP contribution in [0.5, 0.6) is 0 Å². The SMILES string of the molecule is NNc1ncc(F)c(-n2ccnc2)n1. The van der Waals surface area contributed by atoms with Crippen molar-refractivity contribution in [3.05, 3.63) is 30.7 Å². The molecule has 2 aromatic heterocycles. The zero-order valence-corrected chi connectivity index (χ0v) is 7.05. The molecule has 0 saturated carbocycles. The van der Waals surface area contributed by atoms with Gasteiger partial charge in [0.25, 0.3) is 0 Å². The summed E-state index contributed by atoms with van der Waals surface area (Å²) >= 11 is 0. The lowest BCUT2D eigenvalue weighted by molar-refractivity contribution is 0.602. The number of hydrogen-bond acceptors (Lipinski definition) is 5. The Morgan fingerprint density at radius 3 is 3.00 bits per heavy atom. The summed E-state index contributed by atoms with van der Waals surface area (Å²) < 4.78 is 14.7. The van der Waals surface area contributed by atoms with Crippen molar-refractivity contribution in [1.82, 2.24) is 19.5 Å². The van der Waals surface area contributed by atoms with Crippen LogP contribution in [0.4, 0.5) is 10.3 Å². The second-order valence-corrected chi connectivity index (χ2v) is 2.48. The van der Waals surface area contributed by atoms with Gasteiger partial charge in [-0.3, -0.25) is 9.99 Å². The van der Waals surface area contributed by atoms with Gasteiger partial charge in [0.15, 0.2) is 11.6 Å². The summed E-state index contributed by atoms with van der Waals surface area (Å²) in [6.45, 7) is 0. The maximum absolute atomic E-state index is 13.2. The number of aromatic nitrogens is 4. The van der Waals surface area contributed by atoms with Gasteiger partial charge in [-0.2, -0.15) is 4.98 Å². The van der Waals surface area contributed by atoms with Crippen LogP contribution in [0.1, 0.15) is 0 Å². The highest BCUT2D eigenvalue weighted by Crippen LogP contribution is 2.10. The van der Waals surface area contributed by atoms with Crippen LogP contribution in [0.25, 0.3) is 5.82 Å². The summed E-state index contributed by atoms with van der Waals surface area (Å²) in [5.74, 6) is 4.81. The highest BCUT2D eigenvalue weighted by molar-refractivity contribution is 5.31. The molecule has 72 valence electrons. The fourth-order valence-corrected chi connectivity index (χ4v) is 0.993. The first kappa shape index (κ1) is 8.57. The predicted molar refractivity (Wildman–Crippen MR) is 46.9 cm³/mol. The van der Waals surface area contributed by atoms with Crippen LogP contribution in [-0.2, 0) is 0 Å². The second kappa shape index (κ2) is 3.38. The van der Waals surface area contributed by atoms with Crippen LogP contribution in [0, 0.1) is 5.82 Å². The van der Waals surface area contributed by atoms with E-state index in [2.05, 4.69) is 20.4 Å². The zero-order valence-electron chi connectivity index (χ0n) is 7.05. The second-order valence-electron chi connectivity index (χ2n) is 2.48. The van der Waals surface area contributed by atoms with Crippen molar-refractivity contribution < 1.29 is 4.39 Å². The molecule has 0 fully saturated rings. The Morgan fingerprint density at radius 2 is 2.36 bits per heavy atom. The Labute approximate surface area is 78.6 Å². The minimum Gasteiger partial charge on any atom is -0.292 e. The molecule has 0 amide bonds. The van der Waals surface area contributed by atoms with Crippen molar-refractivity contribution >= 4 is 5.95 Å². The number of halogens is 1. The minimum absolute atomic E-state index is 0.102. The zero-order chi connectivity index (χ0) is 9.97. The number of anilines is 1. The van der Waals surface area contributed by atoms with E-state index in [1.54, 1.807) is 6.20 Å². The third kappa shape index (κ3) is 1.40. The number of nitrogens with one attached hydrogen (secondary N) is 1. The number of imidazole rings is 1. The van der Waals surface area contributed by atoms with Crippen molar-refractivity contribution in [3.63, 3.8) is 0 Å². The quantitative estimate of drug-likeness (QED) is 0.523. The molecule has 0 radical (unpaired) electrons. The summed E-state index contributed by atoms with van der Waals surface area (Å²) in [5.41, 5.74) is 2.23. The Kier molecular flexibility index (Phi) is 2.07.